The van der Waals surface area contributed by atoms with Gasteiger partial charge >= 0.3 is 11.9 Å². The van der Waals surface area contributed by atoms with Gasteiger partial charge in [0.2, 0.25) is 0 Å². The first-order valence-electron chi connectivity index (χ1n) is 18.7. The summed E-state index contributed by atoms with van der Waals surface area (Å²) in [6, 6.07) is 0. The van der Waals surface area contributed by atoms with Crippen LogP contribution in [0.15, 0.2) is 146 Å². The zero-order valence-electron chi connectivity index (χ0n) is 30.8. The third kappa shape index (κ3) is 40.1. The Labute approximate surface area is 300 Å². The van der Waals surface area contributed by atoms with E-state index in [9.17, 15) is 9.59 Å². The molecule has 0 saturated carbocycles. The van der Waals surface area contributed by atoms with E-state index >= 15 is 0 Å². The van der Waals surface area contributed by atoms with Gasteiger partial charge in [-0.15, -0.1) is 0 Å². The molecule has 0 aromatic carbocycles. The third-order valence-electron chi connectivity index (χ3n) is 6.92. The van der Waals surface area contributed by atoms with E-state index in [4.69, 9.17) is 4.74 Å². The number of hydrogen-bond acceptors (Lipinski definition) is 3. The van der Waals surface area contributed by atoms with Crippen LogP contribution < -0.4 is 0 Å². The predicted octanol–water partition coefficient (Wildman–Crippen LogP) is 13.8. The van der Waals surface area contributed by atoms with E-state index in [2.05, 4.69) is 160 Å². The number of carbonyl (C=O) groups is 2. The Morgan fingerprint density at radius 3 is 0.755 bits per heavy atom. The van der Waals surface area contributed by atoms with Gasteiger partial charge < -0.3 is 4.74 Å². The zero-order chi connectivity index (χ0) is 35.6. The van der Waals surface area contributed by atoms with Crippen molar-refractivity contribution in [3.8, 4) is 0 Å². The highest BCUT2D eigenvalue weighted by molar-refractivity contribution is 5.85. The van der Waals surface area contributed by atoms with Gasteiger partial charge in [0.25, 0.3) is 0 Å². The molecular formula is C46H66O3. The summed E-state index contributed by atoms with van der Waals surface area (Å²) in [4.78, 5) is 23.9. The fourth-order valence-electron chi connectivity index (χ4n) is 4.24. The first-order valence-corrected chi connectivity index (χ1v) is 18.7. The van der Waals surface area contributed by atoms with Gasteiger partial charge in [0.05, 0.1) is 0 Å². The fourth-order valence-corrected chi connectivity index (χ4v) is 4.24. The lowest BCUT2D eigenvalue weighted by Gasteiger charge is -2.01. The van der Waals surface area contributed by atoms with Gasteiger partial charge in [0.15, 0.2) is 0 Å². The fraction of sp³-hybridized carbons (Fsp3) is 0.435. The van der Waals surface area contributed by atoms with Crippen molar-refractivity contribution in [3.63, 3.8) is 0 Å². The van der Waals surface area contributed by atoms with Gasteiger partial charge in [-0.2, -0.15) is 0 Å². The minimum absolute atomic E-state index is 0.269. The smallest absolute Gasteiger partial charge is 0.313 e. The van der Waals surface area contributed by atoms with Crippen LogP contribution in [0.3, 0.4) is 0 Å². The molecule has 0 radical (unpaired) electrons. The Bertz CT molecular complexity index is 1050. The SMILES string of the molecule is CC/C=C\C/C=C\C/C=C\C/C=C\C/C=C\CC=CCCCC(=O)OC(=O)CCCC=CC/C=C\C/C=C\C/C=C\C/C=C\C/C=C\CC. The topological polar surface area (TPSA) is 43.4 Å². The quantitative estimate of drug-likeness (QED) is 0.0332. The van der Waals surface area contributed by atoms with E-state index in [1.165, 1.54) is 0 Å². The molecule has 0 amide bonds. The molecule has 0 fully saturated rings. The summed E-state index contributed by atoms with van der Waals surface area (Å²) < 4.78 is 4.95. The Balaban J connectivity index is 3.69. The van der Waals surface area contributed by atoms with Crippen LogP contribution in [0.1, 0.15) is 129 Å². The number of ether oxygens (including phenoxy) is 1. The van der Waals surface area contributed by atoms with E-state index < -0.39 is 11.9 Å². The van der Waals surface area contributed by atoms with Crippen molar-refractivity contribution in [2.45, 2.75) is 129 Å². The molecule has 0 spiro atoms. The molecule has 0 heterocycles. The maximum Gasteiger partial charge on any atom is 0.313 e. The number of hydrogen-bond donors (Lipinski definition) is 0. The van der Waals surface area contributed by atoms with Crippen LogP contribution in [0.2, 0.25) is 0 Å². The molecule has 0 aliphatic carbocycles. The van der Waals surface area contributed by atoms with E-state index in [1.807, 2.05) is 0 Å². The van der Waals surface area contributed by atoms with Crippen molar-refractivity contribution in [2.75, 3.05) is 0 Å². The molecule has 0 bridgehead atoms. The average molecular weight is 667 g/mol. The summed E-state index contributed by atoms with van der Waals surface area (Å²) in [6.07, 6.45) is 67.6. The molecule has 268 valence electrons. The van der Waals surface area contributed by atoms with E-state index in [0.29, 0.717) is 12.8 Å². The molecule has 3 nitrogen and oxygen atoms in total. The number of rotatable bonds is 30. The second-order valence-electron chi connectivity index (χ2n) is 11.5. The summed E-state index contributed by atoms with van der Waals surface area (Å²) in [6.45, 7) is 4.30. The minimum atomic E-state index is -0.426. The highest BCUT2D eigenvalue weighted by atomic mass is 16.6. The van der Waals surface area contributed by atoms with Crippen LogP contribution in [0.5, 0.6) is 0 Å². The predicted molar refractivity (Wildman–Crippen MR) is 215 cm³/mol. The normalized spacial score (nSPS) is 13.3. The van der Waals surface area contributed by atoms with E-state index in [0.717, 1.165) is 89.9 Å². The second kappa shape index (κ2) is 40.2. The minimum Gasteiger partial charge on any atom is -0.393 e. The van der Waals surface area contributed by atoms with Crippen molar-refractivity contribution in [2.24, 2.45) is 0 Å². The number of esters is 2. The molecule has 0 aliphatic rings. The zero-order valence-corrected chi connectivity index (χ0v) is 30.8. The lowest BCUT2D eigenvalue weighted by Crippen LogP contribution is -2.11. The van der Waals surface area contributed by atoms with Gasteiger partial charge in [0, 0.05) is 12.8 Å². The molecule has 0 rings (SSSR count). The molecular weight excluding hydrogens is 601 g/mol. The van der Waals surface area contributed by atoms with Gasteiger partial charge in [-0.3, -0.25) is 9.59 Å². The van der Waals surface area contributed by atoms with Gasteiger partial charge in [-0.1, -0.05) is 160 Å². The molecule has 0 aromatic rings. The maximum atomic E-state index is 11.9. The average Bonchev–Trinajstić information content (AvgIpc) is 3.10. The van der Waals surface area contributed by atoms with Gasteiger partial charge in [-0.25, -0.2) is 0 Å². The van der Waals surface area contributed by atoms with Crippen LogP contribution >= 0.6 is 0 Å². The maximum absolute atomic E-state index is 11.9. The van der Waals surface area contributed by atoms with E-state index in [-0.39, 0.29) is 12.8 Å². The number of allylic oxidation sites excluding steroid dienone is 24. The molecule has 0 atom stereocenters. The Morgan fingerprint density at radius 1 is 0.327 bits per heavy atom. The van der Waals surface area contributed by atoms with Crippen LogP contribution in [-0.2, 0) is 14.3 Å². The van der Waals surface area contributed by atoms with Crippen molar-refractivity contribution in [3.05, 3.63) is 146 Å². The first-order chi connectivity index (χ1) is 24.2. The largest absolute Gasteiger partial charge is 0.393 e. The van der Waals surface area contributed by atoms with Crippen LogP contribution in [0.4, 0.5) is 0 Å². The highest BCUT2D eigenvalue weighted by Gasteiger charge is 2.09. The molecule has 0 aromatic heterocycles. The van der Waals surface area contributed by atoms with Crippen molar-refractivity contribution in [1.82, 2.24) is 0 Å². The van der Waals surface area contributed by atoms with Crippen molar-refractivity contribution < 1.29 is 14.3 Å². The van der Waals surface area contributed by atoms with Crippen molar-refractivity contribution >= 4 is 11.9 Å². The molecule has 3 heteroatoms. The Kier molecular flexibility index (Phi) is 36.9. The van der Waals surface area contributed by atoms with E-state index in [1.54, 1.807) is 0 Å². The Morgan fingerprint density at radius 2 is 0.531 bits per heavy atom. The molecule has 49 heavy (non-hydrogen) atoms. The summed E-state index contributed by atoms with van der Waals surface area (Å²) >= 11 is 0. The van der Waals surface area contributed by atoms with Crippen LogP contribution in [-0.4, -0.2) is 11.9 Å². The second-order valence-corrected chi connectivity index (χ2v) is 11.5. The summed E-state index contributed by atoms with van der Waals surface area (Å²) in [5.74, 6) is -0.852. The van der Waals surface area contributed by atoms with Gasteiger partial charge in [0.1, 0.15) is 0 Å². The lowest BCUT2D eigenvalue weighted by molar-refractivity contribution is -0.159. The first kappa shape index (κ1) is 45.0. The molecule has 0 unspecified atom stereocenters. The third-order valence-corrected chi connectivity index (χ3v) is 6.92. The van der Waals surface area contributed by atoms with Crippen LogP contribution in [0, 0.1) is 0 Å². The number of unbranched alkanes of at least 4 members (excludes halogenated alkanes) is 2. The summed E-state index contributed by atoms with van der Waals surface area (Å²) in [5, 5.41) is 0. The standard InChI is InChI=1S/C46H66O3/c1-3-5-7-9-11-13-15-17-19-21-23-25-27-29-31-33-35-37-39-41-43-45(47)49-46(48)44-42-40-38-36-34-32-30-28-26-24-22-20-18-16-14-12-10-8-6-4-2/h5-8,11-14,17-20,23-26,29-32,35-38H,3-4,9-10,15-16,21-22,27-28,33-34,39-44H2,1-2H3/b7-5-,8-6-,13-11-,14-12-,19-17-,20-18-,25-23-,26-24-,31-29-,32-30-,37-35?,38-36?. The molecule has 0 aliphatic heterocycles. The Hall–Kier alpha value is -3.98. The lowest BCUT2D eigenvalue weighted by atomic mass is 10.2. The summed E-state index contributed by atoms with van der Waals surface area (Å²) in [5.41, 5.74) is 0. The highest BCUT2D eigenvalue weighted by Crippen LogP contribution is 2.05. The molecule has 0 N–H and O–H groups in total. The number of carbonyl (C=O) groups excluding carboxylic acids is 2. The van der Waals surface area contributed by atoms with Gasteiger partial charge in [-0.05, 0) is 103 Å². The van der Waals surface area contributed by atoms with Crippen molar-refractivity contribution in [1.29, 1.82) is 0 Å². The monoisotopic (exact) mass is 667 g/mol. The van der Waals surface area contributed by atoms with Crippen LogP contribution in [0.25, 0.3) is 0 Å². The molecule has 0 saturated heterocycles. The summed E-state index contributed by atoms with van der Waals surface area (Å²) in [7, 11) is 0.